The third kappa shape index (κ3) is 3.21. The Morgan fingerprint density at radius 2 is 1.77 bits per heavy atom. The highest BCUT2D eigenvalue weighted by Gasteiger charge is 2.25. The van der Waals surface area contributed by atoms with Crippen LogP contribution in [0.4, 0.5) is 14.5 Å². The predicted molar refractivity (Wildman–Crippen MR) is 95.1 cm³/mol. The van der Waals surface area contributed by atoms with E-state index in [0.29, 0.717) is 15.8 Å². The summed E-state index contributed by atoms with van der Waals surface area (Å²) in [5.41, 5.74) is 5.55. The lowest BCUT2D eigenvalue weighted by Gasteiger charge is -2.12. The van der Waals surface area contributed by atoms with Gasteiger partial charge in [-0.1, -0.05) is 23.2 Å². The fourth-order valence-corrected chi connectivity index (χ4v) is 3.01. The van der Waals surface area contributed by atoms with Crippen LogP contribution in [0.15, 0.2) is 48.7 Å². The summed E-state index contributed by atoms with van der Waals surface area (Å²) in [4.78, 5) is 12.6. The summed E-state index contributed by atoms with van der Waals surface area (Å²) in [7, 11) is 0. The van der Waals surface area contributed by atoms with Crippen LogP contribution < -0.4 is 10.5 Å². The number of nitrogens with two attached hydrogens (primary N) is 1. The first-order chi connectivity index (χ1) is 12.3. The molecule has 132 valence electrons. The summed E-state index contributed by atoms with van der Waals surface area (Å²) in [6, 6.07) is 8.15. The van der Waals surface area contributed by atoms with Gasteiger partial charge in [-0.05, 0) is 30.3 Å². The normalized spacial score (nSPS) is 10.8. The second kappa shape index (κ2) is 6.90. The van der Waals surface area contributed by atoms with E-state index in [1.54, 1.807) is 0 Å². The Kier molecular flexibility index (Phi) is 4.80. The van der Waals surface area contributed by atoms with E-state index in [0.717, 1.165) is 18.3 Å². The van der Waals surface area contributed by atoms with Crippen molar-refractivity contribution < 1.29 is 18.3 Å². The number of pyridine rings is 1. The first kappa shape index (κ1) is 18.1. The topological polar surface area (TPSA) is 70.0 Å². The number of carbonyl (C=O) groups excluding carboxylic acids is 1. The number of hydrogen-bond acceptors (Lipinski definition) is 3. The maximum Gasteiger partial charge on any atom is 0.249 e. The van der Waals surface area contributed by atoms with Gasteiger partial charge in [0.25, 0.3) is 0 Å². The number of ketones is 1. The molecule has 0 atom stereocenters. The molecule has 0 saturated heterocycles. The van der Waals surface area contributed by atoms with Crippen LogP contribution >= 0.6 is 23.2 Å². The largest absolute Gasteiger partial charge is 0.618 e. The molecule has 0 fully saturated rings. The summed E-state index contributed by atoms with van der Waals surface area (Å²) in [6.45, 7) is 0. The van der Waals surface area contributed by atoms with Crippen molar-refractivity contribution in [3.63, 3.8) is 0 Å². The van der Waals surface area contributed by atoms with Gasteiger partial charge in [-0.3, -0.25) is 4.79 Å². The van der Waals surface area contributed by atoms with Crippen LogP contribution in [0.25, 0.3) is 11.3 Å². The number of halogens is 4. The average Bonchev–Trinajstić information content (AvgIpc) is 2.56. The zero-order valence-electron chi connectivity index (χ0n) is 13.0. The quantitative estimate of drug-likeness (QED) is 0.406. The first-order valence-electron chi connectivity index (χ1n) is 7.26. The van der Waals surface area contributed by atoms with Crippen molar-refractivity contribution in [2.75, 3.05) is 5.73 Å². The molecule has 1 aromatic heterocycles. The SMILES string of the molecule is Nc1c(C(=O)c2ccc(F)cc2F)cc[n+]([O-])c1-c1ccc(Cl)cc1Cl. The van der Waals surface area contributed by atoms with Gasteiger partial charge >= 0.3 is 0 Å². The van der Waals surface area contributed by atoms with Crippen LogP contribution in [0.2, 0.25) is 10.0 Å². The Morgan fingerprint density at radius 1 is 1.04 bits per heavy atom. The van der Waals surface area contributed by atoms with Crippen LogP contribution in [-0.2, 0) is 0 Å². The molecule has 0 aliphatic heterocycles. The molecule has 0 aliphatic rings. The van der Waals surface area contributed by atoms with E-state index in [2.05, 4.69) is 0 Å². The molecule has 0 aliphatic carbocycles. The molecule has 2 N–H and O–H groups in total. The summed E-state index contributed by atoms with van der Waals surface area (Å²) in [6.07, 6.45) is 1.06. The van der Waals surface area contributed by atoms with Gasteiger partial charge in [-0.2, -0.15) is 4.73 Å². The van der Waals surface area contributed by atoms with Crippen molar-refractivity contribution in [2.24, 2.45) is 0 Å². The molecule has 26 heavy (non-hydrogen) atoms. The maximum atomic E-state index is 13.9. The van der Waals surface area contributed by atoms with E-state index in [4.69, 9.17) is 28.9 Å². The van der Waals surface area contributed by atoms with Gasteiger partial charge in [0.2, 0.25) is 5.69 Å². The van der Waals surface area contributed by atoms with Crippen LogP contribution in [0.5, 0.6) is 0 Å². The van der Waals surface area contributed by atoms with E-state index in [-0.39, 0.29) is 33.1 Å². The number of carbonyl (C=O) groups is 1. The van der Waals surface area contributed by atoms with E-state index in [9.17, 15) is 18.8 Å². The van der Waals surface area contributed by atoms with E-state index in [1.807, 2.05) is 0 Å². The molecule has 0 spiro atoms. The fraction of sp³-hybridized carbons (Fsp3) is 0. The Bertz CT molecular complexity index is 1040. The molecule has 8 heteroatoms. The van der Waals surface area contributed by atoms with Crippen LogP contribution in [0, 0.1) is 16.8 Å². The van der Waals surface area contributed by atoms with Crippen LogP contribution in [0.3, 0.4) is 0 Å². The number of anilines is 1. The number of rotatable bonds is 3. The standard InChI is InChI=1S/C18H10Cl2F2N2O2/c19-9-1-3-11(14(20)7-9)17-16(23)13(5-6-24(17)26)18(25)12-4-2-10(21)8-15(12)22/h1-8H,23H2. The fourth-order valence-electron chi connectivity index (χ4n) is 2.51. The second-order valence-corrected chi connectivity index (χ2v) is 6.24. The van der Waals surface area contributed by atoms with Gasteiger partial charge in [-0.15, -0.1) is 0 Å². The molecule has 4 nitrogen and oxygen atoms in total. The van der Waals surface area contributed by atoms with Gasteiger partial charge in [0.15, 0.2) is 12.0 Å². The Morgan fingerprint density at radius 3 is 2.42 bits per heavy atom. The summed E-state index contributed by atoms with van der Waals surface area (Å²) in [5.74, 6) is -2.63. The van der Waals surface area contributed by atoms with Crippen molar-refractivity contribution in [3.8, 4) is 11.3 Å². The molecular weight excluding hydrogens is 385 g/mol. The number of benzene rings is 2. The summed E-state index contributed by atoms with van der Waals surface area (Å²) >= 11 is 12.0. The van der Waals surface area contributed by atoms with Crippen molar-refractivity contribution in [2.45, 2.75) is 0 Å². The molecule has 0 saturated carbocycles. The van der Waals surface area contributed by atoms with Gasteiger partial charge in [0.1, 0.15) is 17.3 Å². The maximum absolute atomic E-state index is 13.9. The lowest BCUT2D eigenvalue weighted by Crippen LogP contribution is -2.31. The zero-order chi connectivity index (χ0) is 19.0. The lowest BCUT2D eigenvalue weighted by atomic mass is 9.99. The van der Waals surface area contributed by atoms with Gasteiger partial charge in [0, 0.05) is 17.2 Å². The third-order valence-electron chi connectivity index (χ3n) is 3.75. The number of nitrogen functional groups attached to an aromatic ring is 1. The monoisotopic (exact) mass is 394 g/mol. The van der Waals surface area contributed by atoms with Crippen LogP contribution in [0.1, 0.15) is 15.9 Å². The Labute approximate surface area is 157 Å². The highest BCUT2D eigenvalue weighted by molar-refractivity contribution is 6.36. The highest BCUT2D eigenvalue weighted by atomic mass is 35.5. The Balaban J connectivity index is 2.17. The molecule has 3 aromatic rings. The van der Waals surface area contributed by atoms with Crippen molar-refractivity contribution >= 4 is 34.7 Å². The minimum atomic E-state index is -1.03. The smallest absolute Gasteiger partial charge is 0.249 e. The number of nitrogens with zero attached hydrogens (tertiary/aromatic N) is 1. The third-order valence-corrected chi connectivity index (χ3v) is 4.30. The number of hydrogen-bond donors (Lipinski definition) is 1. The summed E-state index contributed by atoms with van der Waals surface area (Å²) in [5, 5.41) is 12.7. The molecule has 0 unspecified atom stereocenters. The second-order valence-electron chi connectivity index (χ2n) is 5.39. The molecular formula is C18H10Cl2F2N2O2. The molecule has 0 radical (unpaired) electrons. The average molecular weight is 395 g/mol. The minimum Gasteiger partial charge on any atom is -0.618 e. The van der Waals surface area contributed by atoms with Gasteiger partial charge < -0.3 is 10.9 Å². The molecule has 3 rings (SSSR count). The Hall–Kier alpha value is -2.70. The molecule has 1 heterocycles. The van der Waals surface area contributed by atoms with E-state index >= 15 is 0 Å². The predicted octanol–water partition coefficient (Wildman–Crippen LogP) is 4.39. The summed E-state index contributed by atoms with van der Waals surface area (Å²) < 4.78 is 27.4. The van der Waals surface area contributed by atoms with Gasteiger partial charge in [0.05, 0.1) is 21.7 Å². The molecule has 0 amide bonds. The van der Waals surface area contributed by atoms with Crippen molar-refractivity contribution in [1.29, 1.82) is 0 Å². The van der Waals surface area contributed by atoms with E-state index in [1.165, 1.54) is 24.3 Å². The molecule has 2 aromatic carbocycles. The first-order valence-corrected chi connectivity index (χ1v) is 8.02. The highest BCUT2D eigenvalue weighted by Crippen LogP contribution is 2.33. The van der Waals surface area contributed by atoms with Crippen LogP contribution in [-0.4, -0.2) is 5.78 Å². The van der Waals surface area contributed by atoms with Crippen molar-refractivity contribution in [1.82, 2.24) is 0 Å². The lowest BCUT2D eigenvalue weighted by molar-refractivity contribution is -0.593. The number of aromatic nitrogens is 1. The molecule has 0 bridgehead atoms. The van der Waals surface area contributed by atoms with E-state index < -0.39 is 17.4 Å². The van der Waals surface area contributed by atoms with Crippen molar-refractivity contribution in [3.05, 3.63) is 86.7 Å². The van der Waals surface area contributed by atoms with Gasteiger partial charge in [-0.25, -0.2) is 8.78 Å². The minimum absolute atomic E-state index is 0.0694. The zero-order valence-corrected chi connectivity index (χ0v) is 14.5.